The fourth-order valence-electron chi connectivity index (χ4n) is 1.93. The number of aliphatic hydroxyl groups excluding tert-OH is 1. The molecule has 2 atom stereocenters. The third-order valence-corrected chi connectivity index (χ3v) is 4.08. The highest BCUT2D eigenvalue weighted by Crippen LogP contribution is 2.44. The van der Waals surface area contributed by atoms with E-state index in [0.29, 0.717) is 6.54 Å². The highest BCUT2D eigenvalue weighted by molar-refractivity contribution is 8.00. The number of fused-ring (bicyclic) bond motifs is 1. The molecule has 0 radical (unpaired) electrons. The molecule has 1 aromatic heterocycles. The summed E-state index contributed by atoms with van der Waals surface area (Å²) in [4.78, 5) is 4.66. The maximum absolute atomic E-state index is 13.1. The highest BCUT2D eigenvalue weighted by Gasteiger charge is 2.32. The van der Waals surface area contributed by atoms with Crippen LogP contribution in [0.2, 0.25) is 0 Å². The smallest absolute Gasteiger partial charge is 0.137 e. The van der Waals surface area contributed by atoms with E-state index in [1.807, 2.05) is 0 Å². The zero-order valence-corrected chi connectivity index (χ0v) is 9.64. The first-order valence-electron chi connectivity index (χ1n) is 5.20. The number of hydrogen-bond acceptors (Lipinski definition) is 4. The van der Waals surface area contributed by atoms with E-state index in [2.05, 4.69) is 10.1 Å². The summed E-state index contributed by atoms with van der Waals surface area (Å²) in [5.74, 6) is -0.273. The van der Waals surface area contributed by atoms with Gasteiger partial charge in [0.25, 0.3) is 0 Å². The average molecular weight is 251 g/mol. The topological polar surface area (TPSA) is 50.9 Å². The van der Waals surface area contributed by atoms with Gasteiger partial charge in [-0.3, -0.25) is 4.68 Å². The fraction of sp³-hybridized carbons (Fsp3) is 0.273. The predicted octanol–water partition coefficient (Wildman–Crippen LogP) is 1.63. The van der Waals surface area contributed by atoms with Crippen molar-refractivity contribution in [1.29, 1.82) is 0 Å². The third-order valence-electron chi connectivity index (χ3n) is 2.76. The van der Waals surface area contributed by atoms with Crippen molar-refractivity contribution in [3.05, 3.63) is 42.2 Å². The Morgan fingerprint density at radius 3 is 3.12 bits per heavy atom. The molecule has 0 spiro atoms. The lowest BCUT2D eigenvalue weighted by Gasteiger charge is -2.13. The van der Waals surface area contributed by atoms with Gasteiger partial charge < -0.3 is 5.11 Å². The van der Waals surface area contributed by atoms with Gasteiger partial charge in [-0.05, 0) is 17.7 Å². The standard InChI is InChI=1S/C11H10FN3OS/c12-7-1-2-8-9(3-7)17-10(11(8)16)4-15-6-13-5-14-15/h1-3,5-6,10-11,16H,4H2. The second-order valence-corrected chi connectivity index (χ2v) is 5.18. The average Bonchev–Trinajstić information content (AvgIpc) is 2.89. The zero-order valence-electron chi connectivity index (χ0n) is 8.82. The van der Waals surface area contributed by atoms with Gasteiger partial charge in [-0.2, -0.15) is 5.10 Å². The van der Waals surface area contributed by atoms with Gasteiger partial charge in [0.15, 0.2) is 0 Å². The normalized spacial score (nSPS) is 22.7. The molecule has 2 aromatic rings. The SMILES string of the molecule is OC1c2ccc(F)cc2SC1Cn1cncn1. The second-order valence-electron chi connectivity index (χ2n) is 3.90. The van der Waals surface area contributed by atoms with Crippen molar-refractivity contribution in [1.82, 2.24) is 14.8 Å². The molecule has 0 aliphatic carbocycles. The Morgan fingerprint density at radius 1 is 1.47 bits per heavy atom. The first-order chi connectivity index (χ1) is 8.24. The Bertz CT molecular complexity index is 532. The van der Waals surface area contributed by atoms with Gasteiger partial charge in [0.05, 0.1) is 17.9 Å². The van der Waals surface area contributed by atoms with Gasteiger partial charge in [-0.25, -0.2) is 9.37 Å². The number of thioether (sulfide) groups is 1. The van der Waals surface area contributed by atoms with Crippen molar-refractivity contribution >= 4 is 11.8 Å². The van der Waals surface area contributed by atoms with Crippen LogP contribution in [0.1, 0.15) is 11.7 Å². The lowest BCUT2D eigenvalue weighted by molar-refractivity contribution is 0.168. The molecular weight excluding hydrogens is 241 g/mol. The van der Waals surface area contributed by atoms with Gasteiger partial charge in [-0.1, -0.05) is 6.07 Å². The summed E-state index contributed by atoms with van der Waals surface area (Å²) >= 11 is 1.48. The molecule has 0 saturated carbocycles. The Hall–Kier alpha value is -1.40. The van der Waals surface area contributed by atoms with Crippen LogP contribution in [-0.2, 0) is 6.54 Å². The quantitative estimate of drug-likeness (QED) is 0.881. The van der Waals surface area contributed by atoms with Crippen LogP contribution < -0.4 is 0 Å². The fourth-order valence-corrected chi connectivity index (χ4v) is 3.27. The monoisotopic (exact) mass is 251 g/mol. The molecule has 17 heavy (non-hydrogen) atoms. The van der Waals surface area contributed by atoms with Crippen LogP contribution in [-0.4, -0.2) is 25.1 Å². The highest BCUT2D eigenvalue weighted by atomic mass is 32.2. The minimum Gasteiger partial charge on any atom is -0.387 e. The first kappa shape index (κ1) is 10.7. The summed E-state index contributed by atoms with van der Waals surface area (Å²) in [6, 6.07) is 4.48. The van der Waals surface area contributed by atoms with Crippen molar-refractivity contribution in [3.8, 4) is 0 Å². The molecule has 1 N–H and O–H groups in total. The summed E-state index contributed by atoms with van der Waals surface area (Å²) in [6.07, 6.45) is 2.48. The molecule has 0 fully saturated rings. The number of hydrogen-bond donors (Lipinski definition) is 1. The molecule has 0 saturated heterocycles. The third kappa shape index (κ3) is 1.94. The minimum absolute atomic E-state index is 0.0477. The predicted molar refractivity (Wildman–Crippen MR) is 61.0 cm³/mol. The van der Waals surface area contributed by atoms with Crippen LogP contribution in [0.3, 0.4) is 0 Å². The minimum atomic E-state index is -0.584. The summed E-state index contributed by atoms with van der Waals surface area (Å²) in [5.41, 5.74) is 0.793. The van der Waals surface area contributed by atoms with E-state index >= 15 is 0 Å². The molecule has 1 aromatic carbocycles. The van der Waals surface area contributed by atoms with E-state index in [4.69, 9.17) is 0 Å². The largest absolute Gasteiger partial charge is 0.387 e. The molecule has 3 rings (SSSR count). The molecule has 6 heteroatoms. The second kappa shape index (κ2) is 4.12. The van der Waals surface area contributed by atoms with E-state index < -0.39 is 6.10 Å². The maximum atomic E-state index is 13.1. The molecule has 4 nitrogen and oxygen atoms in total. The number of aliphatic hydroxyl groups is 1. The van der Waals surface area contributed by atoms with E-state index in [9.17, 15) is 9.50 Å². The summed E-state index contributed by atoms with van der Waals surface area (Å²) in [7, 11) is 0. The molecular formula is C11H10FN3OS. The number of nitrogens with zero attached hydrogens (tertiary/aromatic N) is 3. The van der Waals surface area contributed by atoms with Crippen LogP contribution in [0.15, 0.2) is 35.7 Å². The number of halogens is 1. The Morgan fingerprint density at radius 2 is 2.35 bits per heavy atom. The Labute approximate surface area is 101 Å². The van der Waals surface area contributed by atoms with Crippen molar-refractivity contribution in [3.63, 3.8) is 0 Å². The molecule has 1 aliphatic heterocycles. The summed E-state index contributed by atoms with van der Waals surface area (Å²) < 4.78 is 14.7. The van der Waals surface area contributed by atoms with Crippen LogP contribution in [0.4, 0.5) is 4.39 Å². The van der Waals surface area contributed by atoms with Crippen LogP contribution in [0.5, 0.6) is 0 Å². The van der Waals surface area contributed by atoms with Crippen molar-refractivity contribution in [2.45, 2.75) is 22.8 Å². The van der Waals surface area contributed by atoms with Crippen LogP contribution in [0.25, 0.3) is 0 Å². The lowest BCUT2D eigenvalue weighted by atomic mass is 10.1. The van der Waals surface area contributed by atoms with Gasteiger partial charge in [0.2, 0.25) is 0 Å². The van der Waals surface area contributed by atoms with Crippen LogP contribution >= 0.6 is 11.8 Å². The van der Waals surface area contributed by atoms with Crippen LogP contribution in [0, 0.1) is 5.82 Å². The lowest BCUT2D eigenvalue weighted by Crippen LogP contribution is -2.17. The van der Waals surface area contributed by atoms with Gasteiger partial charge in [-0.15, -0.1) is 11.8 Å². The van der Waals surface area contributed by atoms with Crippen molar-refractivity contribution in [2.24, 2.45) is 0 Å². The Kier molecular flexibility index (Phi) is 2.60. The molecule has 1 aliphatic rings. The summed E-state index contributed by atoms with van der Waals surface area (Å²) in [5, 5.41) is 14.1. The van der Waals surface area contributed by atoms with Crippen molar-refractivity contribution < 1.29 is 9.50 Å². The summed E-state index contributed by atoms with van der Waals surface area (Å²) in [6.45, 7) is 0.558. The van der Waals surface area contributed by atoms with Gasteiger partial charge in [0.1, 0.15) is 18.5 Å². The number of benzene rings is 1. The van der Waals surface area contributed by atoms with Gasteiger partial charge in [0, 0.05) is 4.90 Å². The Balaban J connectivity index is 1.83. The van der Waals surface area contributed by atoms with E-state index in [0.717, 1.165) is 10.5 Å². The number of aromatic nitrogens is 3. The zero-order chi connectivity index (χ0) is 11.8. The van der Waals surface area contributed by atoms with E-state index in [-0.39, 0.29) is 11.1 Å². The molecule has 0 amide bonds. The molecule has 2 heterocycles. The number of rotatable bonds is 2. The van der Waals surface area contributed by atoms with Gasteiger partial charge >= 0.3 is 0 Å². The van der Waals surface area contributed by atoms with E-state index in [1.54, 1.807) is 17.1 Å². The molecule has 88 valence electrons. The van der Waals surface area contributed by atoms with E-state index in [1.165, 1.54) is 30.2 Å². The van der Waals surface area contributed by atoms with Crippen molar-refractivity contribution in [2.75, 3.05) is 0 Å². The molecule has 0 bridgehead atoms. The maximum Gasteiger partial charge on any atom is 0.137 e. The molecule has 2 unspecified atom stereocenters. The first-order valence-corrected chi connectivity index (χ1v) is 6.08.